The van der Waals surface area contributed by atoms with Crippen LogP contribution in [0.2, 0.25) is 0 Å². The van der Waals surface area contributed by atoms with Gasteiger partial charge in [0.1, 0.15) is 23.3 Å². The van der Waals surface area contributed by atoms with Gasteiger partial charge >= 0.3 is 0 Å². The average molecular weight is 162 g/mol. The number of nitriles is 1. The molecule has 62 valence electrons. The Morgan fingerprint density at radius 2 is 2.42 bits per heavy atom. The van der Waals surface area contributed by atoms with Crippen molar-refractivity contribution in [2.45, 2.75) is 13.3 Å². The quantitative estimate of drug-likeness (QED) is 0.703. The molecule has 0 aromatic carbocycles. The second-order valence-electron chi connectivity index (χ2n) is 2.26. The first-order valence-corrected chi connectivity index (χ1v) is 3.75. The van der Waals surface area contributed by atoms with Gasteiger partial charge in [-0.05, 0) is 0 Å². The second-order valence-corrected chi connectivity index (χ2v) is 2.26. The minimum atomic E-state index is 0.481. The molecule has 0 bridgehead atoms. The van der Waals surface area contributed by atoms with Crippen molar-refractivity contribution < 1.29 is 0 Å². The van der Waals surface area contributed by atoms with Crippen LogP contribution >= 0.6 is 0 Å². The first-order chi connectivity index (χ1) is 5.81. The zero-order valence-electron chi connectivity index (χ0n) is 7.13. The molecule has 4 heteroatoms. The van der Waals surface area contributed by atoms with Crippen LogP contribution in [0.3, 0.4) is 0 Å². The number of nitrogens with zero attached hydrogens (tertiary/aromatic N) is 3. The van der Waals surface area contributed by atoms with Crippen molar-refractivity contribution in [3.05, 3.63) is 17.6 Å². The van der Waals surface area contributed by atoms with E-state index in [1.165, 1.54) is 6.20 Å². The van der Waals surface area contributed by atoms with Gasteiger partial charge in [0.2, 0.25) is 0 Å². The summed E-state index contributed by atoms with van der Waals surface area (Å²) in [6.07, 6.45) is 2.32. The number of anilines is 1. The van der Waals surface area contributed by atoms with Crippen molar-refractivity contribution in [3.63, 3.8) is 0 Å². The van der Waals surface area contributed by atoms with Gasteiger partial charge in [0.25, 0.3) is 0 Å². The van der Waals surface area contributed by atoms with Gasteiger partial charge in [-0.3, -0.25) is 0 Å². The van der Waals surface area contributed by atoms with Gasteiger partial charge in [-0.2, -0.15) is 5.26 Å². The Kier molecular flexibility index (Phi) is 2.59. The van der Waals surface area contributed by atoms with E-state index in [0.29, 0.717) is 11.4 Å². The SMILES string of the molecule is CCc1ncc(C#N)c(NC)n1. The summed E-state index contributed by atoms with van der Waals surface area (Å²) in [6, 6.07) is 2.01. The molecule has 4 nitrogen and oxygen atoms in total. The van der Waals surface area contributed by atoms with Crippen LogP contribution < -0.4 is 5.32 Å². The van der Waals surface area contributed by atoms with Crippen LogP contribution in [0.25, 0.3) is 0 Å². The van der Waals surface area contributed by atoms with Gasteiger partial charge in [0, 0.05) is 13.5 Å². The zero-order valence-corrected chi connectivity index (χ0v) is 7.13. The number of aryl methyl sites for hydroxylation is 1. The maximum absolute atomic E-state index is 8.64. The lowest BCUT2D eigenvalue weighted by molar-refractivity contribution is 0.937. The minimum Gasteiger partial charge on any atom is -0.372 e. The van der Waals surface area contributed by atoms with E-state index in [-0.39, 0.29) is 0 Å². The lowest BCUT2D eigenvalue weighted by Gasteiger charge is -2.02. The highest BCUT2D eigenvalue weighted by molar-refractivity contribution is 5.49. The minimum absolute atomic E-state index is 0.481. The molecule has 1 aromatic heterocycles. The highest BCUT2D eigenvalue weighted by atomic mass is 15.0. The van der Waals surface area contributed by atoms with Gasteiger partial charge in [-0.25, -0.2) is 9.97 Å². The standard InChI is InChI=1S/C8H10N4/c1-3-7-11-5-6(4-9)8(10-2)12-7/h5H,3H2,1-2H3,(H,10,11,12). The summed E-state index contributed by atoms with van der Waals surface area (Å²) in [5.74, 6) is 1.35. The third-order valence-electron chi connectivity index (χ3n) is 1.51. The Balaban J connectivity index is 3.13. The van der Waals surface area contributed by atoms with Gasteiger partial charge in [0.05, 0.1) is 6.20 Å². The molecule has 0 fully saturated rings. The predicted octanol–water partition coefficient (Wildman–Crippen LogP) is 0.952. The third-order valence-corrected chi connectivity index (χ3v) is 1.51. The van der Waals surface area contributed by atoms with Crippen molar-refractivity contribution >= 4 is 5.82 Å². The van der Waals surface area contributed by atoms with Crippen molar-refractivity contribution in [2.24, 2.45) is 0 Å². The van der Waals surface area contributed by atoms with Crippen molar-refractivity contribution in [1.82, 2.24) is 9.97 Å². The monoisotopic (exact) mass is 162 g/mol. The first-order valence-electron chi connectivity index (χ1n) is 3.75. The molecule has 0 aliphatic heterocycles. The Hall–Kier alpha value is -1.63. The van der Waals surface area contributed by atoms with Crippen LogP contribution in [0, 0.1) is 11.3 Å². The number of rotatable bonds is 2. The van der Waals surface area contributed by atoms with E-state index in [9.17, 15) is 0 Å². The smallest absolute Gasteiger partial charge is 0.147 e. The molecule has 0 spiro atoms. The van der Waals surface area contributed by atoms with E-state index < -0.39 is 0 Å². The van der Waals surface area contributed by atoms with E-state index in [0.717, 1.165) is 12.2 Å². The van der Waals surface area contributed by atoms with E-state index in [4.69, 9.17) is 5.26 Å². The molecule has 0 saturated heterocycles. The number of nitrogens with one attached hydrogen (secondary N) is 1. The highest BCUT2D eigenvalue weighted by Crippen LogP contribution is 2.08. The lowest BCUT2D eigenvalue weighted by Crippen LogP contribution is -2.01. The topological polar surface area (TPSA) is 61.6 Å². The van der Waals surface area contributed by atoms with Gasteiger partial charge in [0.15, 0.2) is 0 Å². The van der Waals surface area contributed by atoms with Crippen LogP contribution in [0.5, 0.6) is 0 Å². The molecule has 0 unspecified atom stereocenters. The van der Waals surface area contributed by atoms with Gasteiger partial charge in [-0.15, -0.1) is 0 Å². The summed E-state index contributed by atoms with van der Waals surface area (Å²) >= 11 is 0. The van der Waals surface area contributed by atoms with Crippen LogP contribution in [-0.2, 0) is 6.42 Å². The fraction of sp³-hybridized carbons (Fsp3) is 0.375. The molecule has 12 heavy (non-hydrogen) atoms. The van der Waals surface area contributed by atoms with Crippen molar-refractivity contribution in [2.75, 3.05) is 12.4 Å². The molecule has 1 heterocycles. The lowest BCUT2D eigenvalue weighted by atomic mass is 10.3. The molecule has 0 aliphatic rings. The summed E-state index contributed by atoms with van der Waals surface area (Å²) in [7, 11) is 1.74. The number of hydrogen-bond acceptors (Lipinski definition) is 4. The number of aromatic nitrogens is 2. The third kappa shape index (κ3) is 1.51. The Morgan fingerprint density at radius 1 is 1.67 bits per heavy atom. The molecule has 1 N–H and O–H groups in total. The van der Waals surface area contributed by atoms with E-state index in [2.05, 4.69) is 15.3 Å². The largest absolute Gasteiger partial charge is 0.372 e. The zero-order chi connectivity index (χ0) is 8.97. The average Bonchev–Trinajstić information content (AvgIpc) is 2.16. The molecule has 0 atom stereocenters. The highest BCUT2D eigenvalue weighted by Gasteiger charge is 2.02. The number of hydrogen-bond donors (Lipinski definition) is 1. The Labute approximate surface area is 71.3 Å². The maximum Gasteiger partial charge on any atom is 0.147 e. The van der Waals surface area contributed by atoms with Gasteiger partial charge in [-0.1, -0.05) is 6.92 Å². The normalized spacial score (nSPS) is 9.08. The first kappa shape index (κ1) is 8.47. The molecule has 0 saturated carbocycles. The Bertz CT molecular complexity index is 313. The van der Waals surface area contributed by atoms with Crippen molar-refractivity contribution in [3.8, 4) is 6.07 Å². The van der Waals surface area contributed by atoms with Crippen LogP contribution in [0.15, 0.2) is 6.20 Å². The second kappa shape index (κ2) is 3.67. The maximum atomic E-state index is 8.64. The molecule has 1 aromatic rings. The molecule has 0 aliphatic carbocycles. The fourth-order valence-electron chi connectivity index (χ4n) is 0.861. The van der Waals surface area contributed by atoms with Crippen molar-refractivity contribution in [1.29, 1.82) is 5.26 Å². The summed E-state index contributed by atoms with van der Waals surface area (Å²) in [4.78, 5) is 8.14. The summed E-state index contributed by atoms with van der Waals surface area (Å²) in [5.41, 5.74) is 0.481. The Morgan fingerprint density at radius 3 is 2.92 bits per heavy atom. The fourth-order valence-corrected chi connectivity index (χ4v) is 0.861. The van der Waals surface area contributed by atoms with Crippen LogP contribution in [-0.4, -0.2) is 17.0 Å². The predicted molar refractivity (Wildman–Crippen MR) is 45.7 cm³/mol. The van der Waals surface area contributed by atoms with E-state index in [1.807, 2.05) is 13.0 Å². The van der Waals surface area contributed by atoms with Gasteiger partial charge < -0.3 is 5.32 Å². The molecule has 0 radical (unpaired) electrons. The molecular weight excluding hydrogens is 152 g/mol. The van der Waals surface area contributed by atoms with E-state index >= 15 is 0 Å². The summed E-state index contributed by atoms with van der Waals surface area (Å²) in [5, 5.41) is 11.5. The summed E-state index contributed by atoms with van der Waals surface area (Å²) < 4.78 is 0. The molecule has 1 rings (SSSR count). The van der Waals surface area contributed by atoms with Crippen LogP contribution in [0.1, 0.15) is 18.3 Å². The molecule has 0 amide bonds. The summed E-state index contributed by atoms with van der Waals surface area (Å²) in [6.45, 7) is 1.97. The van der Waals surface area contributed by atoms with E-state index in [1.54, 1.807) is 7.05 Å². The van der Waals surface area contributed by atoms with Crippen LogP contribution in [0.4, 0.5) is 5.82 Å². The molecular formula is C8H10N4.